The van der Waals surface area contributed by atoms with Crippen molar-refractivity contribution in [1.29, 1.82) is 0 Å². The molecule has 98 valence electrons. The number of hydrogen-bond donors (Lipinski definition) is 4. The van der Waals surface area contributed by atoms with Crippen LogP contribution in [0, 0.1) is 4.77 Å². The Morgan fingerprint density at radius 3 is 3.11 bits per heavy atom. The van der Waals surface area contributed by atoms with Crippen molar-refractivity contribution in [3.8, 4) is 0 Å². The maximum atomic E-state index is 9.72. The van der Waals surface area contributed by atoms with E-state index in [1.807, 2.05) is 6.20 Å². The molecule has 0 spiro atoms. The average molecular weight is 270 g/mol. The van der Waals surface area contributed by atoms with Gasteiger partial charge in [-0.2, -0.15) is 0 Å². The van der Waals surface area contributed by atoms with E-state index in [0.717, 1.165) is 11.5 Å². The first kappa shape index (κ1) is 11.8. The van der Waals surface area contributed by atoms with Gasteiger partial charge in [0.15, 0.2) is 5.82 Å². The largest absolute Gasteiger partial charge is 0.394 e. The van der Waals surface area contributed by atoms with Crippen molar-refractivity contribution in [2.24, 2.45) is 0 Å². The van der Waals surface area contributed by atoms with Crippen molar-refractivity contribution in [2.75, 3.05) is 23.9 Å². The Kier molecular flexibility index (Phi) is 2.94. The van der Waals surface area contributed by atoms with Gasteiger partial charge in [0.2, 0.25) is 4.77 Å². The van der Waals surface area contributed by atoms with Crippen LogP contribution in [-0.2, 0) is 4.74 Å². The Bertz CT molecular complexity index is 520. The fourth-order valence-electron chi connectivity index (χ4n) is 2.21. The minimum atomic E-state index is -0.679. The molecule has 4 N–H and O–H groups in total. The van der Waals surface area contributed by atoms with Gasteiger partial charge in [-0.3, -0.25) is 4.57 Å². The fraction of sp³-hybridized carbons (Fsp3) is 0.600. The van der Waals surface area contributed by atoms with E-state index in [0.29, 0.717) is 17.9 Å². The molecule has 3 rings (SSSR count). The summed E-state index contributed by atoms with van der Waals surface area (Å²) in [7, 11) is 0. The van der Waals surface area contributed by atoms with Crippen LogP contribution in [0.2, 0.25) is 0 Å². The van der Waals surface area contributed by atoms with Crippen LogP contribution >= 0.6 is 12.2 Å². The molecule has 0 amide bonds. The molecule has 18 heavy (non-hydrogen) atoms. The minimum absolute atomic E-state index is 0.205. The second kappa shape index (κ2) is 4.47. The number of anilines is 2. The first-order valence-corrected chi connectivity index (χ1v) is 6.15. The molecule has 0 aliphatic carbocycles. The van der Waals surface area contributed by atoms with Gasteiger partial charge in [0.25, 0.3) is 0 Å². The van der Waals surface area contributed by atoms with Crippen LogP contribution in [0.25, 0.3) is 0 Å². The summed E-state index contributed by atoms with van der Waals surface area (Å²) in [5, 5.41) is 25.0. The van der Waals surface area contributed by atoms with Crippen molar-refractivity contribution >= 4 is 23.7 Å². The molecule has 2 aliphatic rings. The molecule has 1 aromatic heterocycles. The topological polar surface area (TPSA) is 91.6 Å². The van der Waals surface area contributed by atoms with E-state index < -0.39 is 12.2 Å². The third-order valence-electron chi connectivity index (χ3n) is 3.18. The lowest BCUT2D eigenvalue weighted by Gasteiger charge is -2.16. The zero-order valence-electron chi connectivity index (χ0n) is 9.54. The summed E-state index contributed by atoms with van der Waals surface area (Å²) in [4.78, 5) is 4.25. The third kappa shape index (κ3) is 1.87. The van der Waals surface area contributed by atoms with Crippen LogP contribution in [0.5, 0.6) is 0 Å². The molecule has 1 saturated heterocycles. The van der Waals surface area contributed by atoms with Gasteiger partial charge in [-0.05, 0) is 12.2 Å². The standard InChI is InChI=1S/C10H14N4O3S/c15-3-7-6(16)1-8(17-7)14-2-5-9(12-4-11-5)13-10(14)18/h2,6-8,11,15-16H,1,3-4H2,(H,12,13,18)/t6-,7+,8?/m0/s1. The maximum absolute atomic E-state index is 9.72. The van der Waals surface area contributed by atoms with Crippen molar-refractivity contribution in [3.63, 3.8) is 0 Å². The highest BCUT2D eigenvalue weighted by Gasteiger charge is 2.34. The van der Waals surface area contributed by atoms with Gasteiger partial charge < -0.3 is 25.6 Å². The Morgan fingerprint density at radius 1 is 1.56 bits per heavy atom. The van der Waals surface area contributed by atoms with Crippen LogP contribution in [0.4, 0.5) is 11.5 Å². The van der Waals surface area contributed by atoms with Crippen LogP contribution in [-0.4, -0.2) is 45.2 Å². The van der Waals surface area contributed by atoms with Gasteiger partial charge in [0.1, 0.15) is 12.3 Å². The van der Waals surface area contributed by atoms with E-state index in [-0.39, 0.29) is 12.8 Å². The van der Waals surface area contributed by atoms with E-state index >= 15 is 0 Å². The fourth-order valence-corrected chi connectivity index (χ4v) is 2.47. The SMILES string of the molecule is OC[C@H]1OC(n2cc3c(nc2=S)NCN3)C[C@@H]1O. The molecule has 8 heteroatoms. The molecule has 2 aliphatic heterocycles. The van der Waals surface area contributed by atoms with Crippen molar-refractivity contribution in [3.05, 3.63) is 11.0 Å². The first-order chi connectivity index (χ1) is 8.69. The molecule has 0 bridgehead atoms. The lowest BCUT2D eigenvalue weighted by atomic mass is 10.2. The van der Waals surface area contributed by atoms with Crippen molar-refractivity contribution < 1.29 is 14.9 Å². The van der Waals surface area contributed by atoms with Gasteiger partial charge in [0, 0.05) is 12.6 Å². The van der Waals surface area contributed by atoms with Crippen LogP contribution < -0.4 is 10.6 Å². The summed E-state index contributed by atoms with van der Waals surface area (Å²) < 4.78 is 7.65. The van der Waals surface area contributed by atoms with Crippen molar-refractivity contribution in [2.45, 2.75) is 24.9 Å². The zero-order chi connectivity index (χ0) is 12.7. The number of aromatic nitrogens is 2. The molecular formula is C10H14N4O3S. The van der Waals surface area contributed by atoms with Crippen LogP contribution in [0.1, 0.15) is 12.6 Å². The van der Waals surface area contributed by atoms with Gasteiger partial charge in [-0.15, -0.1) is 0 Å². The zero-order valence-corrected chi connectivity index (χ0v) is 10.4. The van der Waals surface area contributed by atoms with Crippen LogP contribution in [0.15, 0.2) is 6.20 Å². The maximum Gasteiger partial charge on any atom is 0.203 e. The highest BCUT2D eigenvalue weighted by atomic mass is 32.1. The number of nitrogens with zero attached hydrogens (tertiary/aromatic N) is 2. The summed E-state index contributed by atoms with van der Waals surface area (Å²) in [6.07, 6.45) is 0.595. The number of fused-ring (bicyclic) bond motifs is 1. The number of rotatable bonds is 2. The van der Waals surface area contributed by atoms with E-state index in [9.17, 15) is 5.11 Å². The lowest BCUT2D eigenvalue weighted by Crippen LogP contribution is -2.24. The molecule has 1 fully saturated rings. The number of hydrogen-bond acceptors (Lipinski definition) is 7. The molecular weight excluding hydrogens is 256 g/mol. The molecule has 7 nitrogen and oxygen atoms in total. The predicted molar refractivity (Wildman–Crippen MR) is 66.8 cm³/mol. The average Bonchev–Trinajstić information content (AvgIpc) is 2.93. The van der Waals surface area contributed by atoms with E-state index in [4.69, 9.17) is 22.1 Å². The molecule has 0 saturated carbocycles. The first-order valence-electron chi connectivity index (χ1n) is 5.74. The monoisotopic (exact) mass is 270 g/mol. The number of nitrogens with one attached hydrogen (secondary N) is 2. The number of aliphatic hydroxyl groups excluding tert-OH is 2. The van der Waals surface area contributed by atoms with Gasteiger partial charge in [0.05, 0.1) is 25.1 Å². The van der Waals surface area contributed by atoms with E-state index in [1.54, 1.807) is 4.57 Å². The van der Waals surface area contributed by atoms with Gasteiger partial charge in [-0.1, -0.05) is 0 Å². The predicted octanol–water partition coefficient (Wildman–Crippen LogP) is 0.0482. The Morgan fingerprint density at radius 2 is 2.39 bits per heavy atom. The lowest BCUT2D eigenvalue weighted by molar-refractivity contribution is -0.0451. The molecule has 1 aromatic rings. The van der Waals surface area contributed by atoms with Crippen molar-refractivity contribution in [1.82, 2.24) is 9.55 Å². The minimum Gasteiger partial charge on any atom is -0.394 e. The summed E-state index contributed by atoms with van der Waals surface area (Å²) in [6.45, 7) is 0.414. The Labute approximate surface area is 108 Å². The molecule has 0 aromatic carbocycles. The highest BCUT2D eigenvalue weighted by molar-refractivity contribution is 7.71. The second-order valence-electron chi connectivity index (χ2n) is 4.34. The van der Waals surface area contributed by atoms with E-state index in [1.165, 1.54) is 0 Å². The molecule has 1 unspecified atom stereocenters. The Balaban J connectivity index is 1.92. The number of ether oxygens (including phenoxy) is 1. The number of aliphatic hydroxyl groups is 2. The van der Waals surface area contributed by atoms with E-state index in [2.05, 4.69) is 15.6 Å². The summed E-state index contributed by atoms with van der Waals surface area (Å²) in [5.41, 5.74) is 0.856. The van der Waals surface area contributed by atoms with Gasteiger partial charge in [-0.25, -0.2) is 4.98 Å². The highest BCUT2D eigenvalue weighted by Crippen LogP contribution is 2.31. The van der Waals surface area contributed by atoms with Gasteiger partial charge >= 0.3 is 0 Å². The Hall–Kier alpha value is -1.22. The molecule has 0 radical (unpaired) electrons. The quantitative estimate of drug-likeness (QED) is 0.564. The second-order valence-corrected chi connectivity index (χ2v) is 4.70. The summed E-state index contributed by atoms with van der Waals surface area (Å²) >= 11 is 5.20. The smallest absolute Gasteiger partial charge is 0.203 e. The molecule has 3 atom stereocenters. The third-order valence-corrected chi connectivity index (χ3v) is 3.48. The normalized spacial score (nSPS) is 29.8. The molecule has 3 heterocycles. The summed E-state index contributed by atoms with van der Waals surface area (Å²) in [5.74, 6) is 0.730. The van der Waals surface area contributed by atoms with Crippen LogP contribution in [0.3, 0.4) is 0 Å². The summed E-state index contributed by atoms with van der Waals surface area (Å²) in [6, 6.07) is 0.